The van der Waals surface area contributed by atoms with E-state index in [1.807, 2.05) is 35.3 Å². The van der Waals surface area contributed by atoms with Crippen LogP contribution in [0.5, 0.6) is 0 Å². The van der Waals surface area contributed by atoms with Crippen molar-refractivity contribution < 1.29 is 0 Å². The molecule has 5 rings (SSSR count). The fourth-order valence-electron chi connectivity index (χ4n) is 3.37. The normalized spacial score (nSPS) is 15.8. The van der Waals surface area contributed by atoms with E-state index < -0.39 is 0 Å². The number of rotatable bonds is 2. The molecule has 3 heterocycles. The second-order valence-corrected chi connectivity index (χ2v) is 6.55. The van der Waals surface area contributed by atoms with E-state index in [0.717, 1.165) is 59.8 Å². The molecule has 26 heavy (non-hydrogen) atoms. The average molecular weight is 345 g/mol. The lowest BCUT2D eigenvalue weighted by Gasteiger charge is -2.33. The lowest BCUT2D eigenvalue weighted by molar-refractivity contribution is 0.266. The molecule has 0 radical (unpaired) electrons. The topological polar surface area (TPSA) is 87.0 Å². The summed E-state index contributed by atoms with van der Waals surface area (Å²) in [5, 5.41) is 1.86. The molecule has 1 aliphatic heterocycles. The van der Waals surface area contributed by atoms with Crippen molar-refractivity contribution in [1.29, 1.82) is 0 Å². The Labute approximate surface area is 150 Å². The van der Waals surface area contributed by atoms with Crippen molar-refractivity contribution >= 4 is 27.8 Å². The number of benzene rings is 2. The number of para-hydroxylation sites is 2. The van der Waals surface area contributed by atoms with Crippen molar-refractivity contribution in [2.45, 2.75) is 0 Å². The minimum Gasteiger partial charge on any atom is -0.369 e. The highest BCUT2D eigenvalue weighted by atomic mass is 15.4. The van der Waals surface area contributed by atoms with Crippen LogP contribution in [0.3, 0.4) is 0 Å². The molecule has 0 spiro atoms. The Kier molecular flexibility index (Phi) is 3.55. The number of nitrogens with one attached hydrogen (secondary N) is 1. The van der Waals surface area contributed by atoms with Crippen LogP contribution in [0.4, 0.5) is 5.69 Å². The van der Waals surface area contributed by atoms with Crippen molar-refractivity contribution in [3.63, 3.8) is 0 Å². The summed E-state index contributed by atoms with van der Waals surface area (Å²) in [5.74, 6) is 6.59. The van der Waals surface area contributed by atoms with E-state index in [9.17, 15) is 0 Å². The van der Waals surface area contributed by atoms with Gasteiger partial charge in [0.2, 0.25) is 0 Å². The third-order valence-electron chi connectivity index (χ3n) is 4.84. The number of aromatic amines is 1. The Bertz CT molecular complexity index is 1080. The lowest BCUT2D eigenvalue weighted by Crippen LogP contribution is -2.49. The summed E-state index contributed by atoms with van der Waals surface area (Å²) in [6, 6.07) is 14.2. The van der Waals surface area contributed by atoms with Crippen molar-refractivity contribution in [3.05, 3.63) is 48.7 Å². The molecule has 0 unspecified atom stereocenters. The number of nitrogens with two attached hydrogens (primary N) is 1. The summed E-state index contributed by atoms with van der Waals surface area (Å²) in [5.41, 5.74) is 5.61. The van der Waals surface area contributed by atoms with E-state index in [1.165, 1.54) is 5.69 Å². The number of nitrogens with zero attached hydrogens (tertiary/aromatic N) is 5. The van der Waals surface area contributed by atoms with E-state index >= 15 is 0 Å². The van der Waals surface area contributed by atoms with Gasteiger partial charge in [0.05, 0.1) is 28.3 Å². The summed E-state index contributed by atoms with van der Waals surface area (Å²) < 4.78 is 0. The third-order valence-corrected chi connectivity index (χ3v) is 4.84. The number of hydrogen-bond donors (Lipinski definition) is 2. The van der Waals surface area contributed by atoms with Crippen LogP contribution in [0.1, 0.15) is 0 Å². The fourth-order valence-corrected chi connectivity index (χ4v) is 3.37. The van der Waals surface area contributed by atoms with Crippen LogP contribution in [-0.2, 0) is 0 Å². The summed E-state index contributed by atoms with van der Waals surface area (Å²) in [6.07, 6.45) is 1.77. The Balaban J connectivity index is 1.50. The SMILES string of the molecule is NN1CCN(c2ccc3nc(-c4cnc5ccccc5n4)[nH]c3c2)CC1. The number of hydrazine groups is 1. The molecule has 3 N–H and O–H groups in total. The minimum atomic E-state index is 0.738. The Morgan fingerprint density at radius 3 is 2.54 bits per heavy atom. The molecule has 0 atom stereocenters. The number of imidazole rings is 1. The molecule has 1 saturated heterocycles. The standard InChI is InChI=1S/C19H19N7/c20-26-9-7-25(8-10-26)13-5-6-16-17(11-13)24-19(23-16)18-12-21-14-3-1-2-4-15(14)22-18/h1-6,11-12H,7-10,20H2,(H,23,24). The maximum Gasteiger partial charge on any atom is 0.158 e. The van der Waals surface area contributed by atoms with Gasteiger partial charge in [0.15, 0.2) is 5.82 Å². The van der Waals surface area contributed by atoms with Gasteiger partial charge in [0.25, 0.3) is 0 Å². The van der Waals surface area contributed by atoms with E-state index in [-0.39, 0.29) is 0 Å². The van der Waals surface area contributed by atoms with Gasteiger partial charge in [-0.1, -0.05) is 12.1 Å². The monoisotopic (exact) mass is 345 g/mol. The zero-order chi connectivity index (χ0) is 17.5. The number of hydrogen-bond acceptors (Lipinski definition) is 6. The summed E-state index contributed by atoms with van der Waals surface area (Å²) in [6.45, 7) is 3.61. The van der Waals surface area contributed by atoms with Crippen molar-refractivity contribution in [1.82, 2.24) is 24.9 Å². The predicted molar refractivity (Wildman–Crippen MR) is 103 cm³/mol. The summed E-state index contributed by atoms with van der Waals surface area (Å²) in [7, 11) is 0. The first kappa shape index (κ1) is 15.2. The number of anilines is 1. The second-order valence-electron chi connectivity index (χ2n) is 6.55. The second kappa shape index (κ2) is 6.05. The first-order valence-electron chi connectivity index (χ1n) is 8.73. The number of piperazine rings is 1. The number of H-pyrrole nitrogens is 1. The summed E-state index contributed by atoms with van der Waals surface area (Å²) in [4.78, 5) is 19.6. The molecule has 4 aromatic rings. The molecule has 0 aliphatic carbocycles. The van der Waals surface area contributed by atoms with Gasteiger partial charge in [-0.3, -0.25) is 10.8 Å². The highest BCUT2D eigenvalue weighted by Crippen LogP contribution is 2.25. The maximum atomic E-state index is 5.85. The molecule has 0 saturated carbocycles. The molecular formula is C19H19N7. The Morgan fingerprint density at radius 2 is 1.69 bits per heavy atom. The van der Waals surface area contributed by atoms with Gasteiger partial charge in [0, 0.05) is 31.9 Å². The smallest absolute Gasteiger partial charge is 0.158 e. The Morgan fingerprint density at radius 1 is 0.885 bits per heavy atom. The quantitative estimate of drug-likeness (QED) is 0.542. The average Bonchev–Trinajstić information content (AvgIpc) is 3.11. The first-order valence-corrected chi connectivity index (χ1v) is 8.73. The van der Waals surface area contributed by atoms with Gasteiger partial charge in [-0.2, -0.15) is 0 Å². The van der Waals surface area contributed by atoms with Gasteiger partial charge in [-0.05, 0) is 30.3 Å². The van der Waals surface area contributed by atoms with Gasteiger partial charge < -0.3 is 9.88 Å². The molecule has 0 bridgehead atoms. The van der Waals surface area contributed by atoms with Crippen molar-refractivity contribution in [2.75, 3.05) is 31.1 Å². The number of fused-ring (bicyclic) bond motifs is 2. The van der Waals surface area contributed by atoms with Crippen LogP contribution in [0.2, 0.25) is 0 Å². The molecule has 7 nitrogen and oxygen atoms in total. The highest BCUT2D eigenvalue weighted by Gasteiger charge is 2.16. The molecular weight excluding hydrogens is 326 g/mol. The first-order chi connectivity index (χ1) is 12.8. The van der Waals surface area contributed by atoms with Crippen molar-refractivity contribution in [2.24, 2.45) is 5.84 Å². The fraction of sp³-hybridized carbons (Fsp3) is 0.211. The van der Waals surface area contributed by atoms with E-state index in [0.29, 0.717) is 0 Å². The van der Waals surface area contributed by atoms with Crippen LogP contribution in [0, 0.1) is 0 Å². The minimum absolute atomic E-state index is 0.738. The summed E-state index contributed by atoms with van der Waals surface area (Å²) >= 11 is 0. The predicted octanol–water partition coefficient (Wildman–Crippen LogP) is 2.17. The van der Waals surface area contributed by atoms with Gasteiger partial charge >= 0.3 is 0 Å². The largest absolute Gasteiger partial charge is 0.369 e. The van der Waals surface area contributed by atoms with Gasteiger partial charge in [0.1, 0.15) is 5.69 Å². The van der Waals surface area contributed by atoms with Gasteiger partial charge in [-0.15, -0.1) is 0 Å². The molecule has 2 aromatic carbocycles. The molecule has 1 aliphatic rings. The van der Waals surface area contributed by atoms with Crippen molar-refractivity contribution in [3.8, 4) is 11.5 Å². The van der Waals surface area contributed by atoms with Gasteiger partial charge in [-0.25, -0.2) is 15.0 Å². The maximum absolute atomic E-state index is 5.85. The van der Waals surface area contributed by atoms with E-state index in [1.54, 1.807) is 6.20 Å². The van der Waals surface area contributed by atoms with Crippen LogP contribution in [0.25, 0.3) is 33.6 Å². The third kappa shape index (κ3) is 2.67. The van der Waals surface area contributed by atoms with E-state index in [2.05, 4.69) is 37.0 Å². The Hall–Kier alpha value is -3.03. The molecule has 1 fully saturated rings. The lowest BCUT2D eigenvalue weighted by atomic mass is 10.2. The number of aromatic nitrogens is 4. The zero-order valence-corrected chi connectivity index (χ0v) is 14.3. The van der Waals surface area contributed by atoms with Crippen LogP contribution in [-0.4, -0.2) is 51.1 Å². The highest BCUT2D eigenvalue weighted by molar-refractivity contribution is 5.83. The molecule has 0 amide bonds. The van der Waals surface area contributed by atoms with Crippen LogP contribution >= 0.6 is 0 Å². The molecule has 7 heteroatoms. The van der Waals surface area contributed by atoms with Crippen LogP contribution < -0.4 is 10.7 Å². The molecule has 130 valence electrons. The van der Waals surface area contributed by atoms with Crippen LogP contribution in [0.15, 0.2) is 48.7 Å². The zero-order valence-electron chi connectivity index (χ0n) is 14.3. The van der Waals surface area contributed by atoms with E-state index in [4.69, 9.17) is 5.84 Å². The molecule has 2 aromatic heterocycles.